The molecule has 6 nitrogen and oxygen atoms in total. The highest BCUT2D eigenvalue weighted by Crippen LogP contribution is 2.14. The van der Waals surface area contributed by atoms with Crippen LogP contribution in [-0.2, 0) is 9.59 Å². The molecule has 0 bridgehead atoms. The fourth-order valence-corrected chi connectivity index (χ4v) is 2.18. The van der Waals surface area contributed by atoms with E-state index in [9.17, 15) is 19.7 Å². The van der Waals surface area contributed by atoms with E-state index in [2.05, 4.69) is 0 Å². The smallest absolute Gasteiger partial charge is 0.269 e. The summed E-state index contributed by atoms with van der Waals surface area (Å²) < 4.78 is 0. The molecule has 1 aliphatic rings. The Morgan fingerprint density at radius 2 is 1.90 bits per heavy atom. The molecular weight excluding hydrogens is 272 g/mol. The minimum atomic E-state index is -0.478. The van der Waals surface area contributed by atoms with Gasteiger partial charge in [-0.3, -0.25) is 24.6 Å². The summed E-state index contributed by atoms with van der Waals surface area (Å²) in [6.45, 7) is 0.461. The van der Waals surface area contributed by atoms with E-state index >= 15 is 0 Å². The van der Waals surface area contributed by atoms with Crippen LogP contribution in [-0.4, -0.2) is 28.2 Å². The molecule has 110 valence electrons. The molecule has 0 spiro atoms. The lowest BCUT2D eigenvalue weighted by Crippen LogP contribution is -2.35. The van der Waals surface area contributed by atoms with Gasteiger partial charge in [0.05, 0.1) is 4.92 Å². The minimum absolute atomic E-state index is 0.00109. The van der Waals surface area contributed by atoms with Crippen molar-refractivity contribution >= 4 is 23.6 Å². The predicted octanol–water partition coefficient (Wildman–Crippen LogP) is 2.54. The van der Waals surface area contributed by atoms with Crippen molar-refractivity contribution in [3.8, 4) is 0 Å². The largest absolute Gasteiger partial charge is 0.279 e. The normalized spacial score (nSPS) is 16.0. The van der Waals surface area contributed by atoms with Crippen molar-refractivity contribution < 1.29 is 14.5 Å². The molecule has 0 atom stereocenters. The van der Waals surface area contributed by atoms with Crippen molar-refractivity contribution in [1.29, 1.82) is 0 Å². The number of imide groups is 1. The molecule has 1 fully saturated rings. The van der Waals surface area contributed by atoms with E-state index in [1.165, 1.54) is 23.1 Å². The zero-order valence-electron chi connectivity index (χ0n) is 11.5. The van der Waals surface area contributed by atoms with Crippen LogP contribution in [0.2, 0.25) is 0 Å². The first-order valence-corrected chi connectivity index (χ1v) is 6.85. The van der Waals surface area contributed by atoms with E-state index in [4.69, 9.17) is 0 Å². The first-order chi connectivity index (χ1) is 10.1. The molecule has 6 heteroatoms. The van der Waals surface area contributed by atoms with E-state index in [-0.39, 0.29) is 17.5 Å². The minimum Gasteiger partial charge on any atom is -0.279 e. The number of nitrogens with zero attached hydrogens (tertiary/aromatic N) is 2. The van der Waals surface area contributed by atoms with Gasteiger partial charge in [-0.15, -0.1) is 0 Å². The van der Waals surface area contributed by atoms with E-state index in [1.807, 2.05) is 0 Å². The molecule has 1 aromatic rings. The summed E-state index contributed by atoms with van der Waals surface area (Å²) in [7, 11) is 0. The standard InChI is InChI=1S/C15H16N2O4/c18-14-4-2-1-3-11-16(14)15(19)10-7-12-5-8-13(9-6-12)17(20)21/h5-10H,1-4,11H2/b10-7+. The zero-order valence-corrected chi connectivity index (χ0v) is 11.5. The van der Waals surface area contributed by atoms with E-state index in [1.54, 1.807) is 18.2 Å². The average Bonchev–Trinajstić information content (AvgIpc) is 2.70. The number of carbonyl (C=O) groups is 2. The summed E-state index contributed by atoms with van der Waals surface area (Å²) in [5, 5.41) is 10.5. The molecule has 2 rings (SSSR count). The highest BCUT2D eigenvalue weighted by molar-refractivity contribution is 6.02. The Morgan fingerprint density at radius 3 is 2.57 bits per heavy atom. The molecule has 1 aliphatic heterocycles. The molecule has 1 aromatic carbocycles. The summed E-state index contributed by atoms with van der Waals surface area (Å²) in [6.07, 6.45) is 5.94. The average molecular weight is 288 g/mol. The maximum atomic E-state index is 12.0. The van der Waals surface area contributed by atoms with Crippen LogP contribution >= 0.6 is 0 Å². The second-order valence-electron chi connectivity index (χ2n) is 4.88. The number of likely N-dealkylation sites (tertiary alicyclic amines) is 1. The highest BCUT2D eigenvalue weighted by Gasteiger charge is 2.20. The van der Waals surface area contributed by atoms with Crippen molar-refractivity contribution in [1.82, 2.24) is 4.90 Å². The third-order valence-electron chi connectivity index (χ3n) is 3.36. The van der Waals surface area contributed by atoms with Crippen LogP contribution in [0.5, 0.6) is 0 Å². The molecule has 0 saturated carbocycles. The summed E-state index contributed by atoms with van der Waals surface area (Å²) in [6, 6.07) is 5.88. The fraction of sp³-hybridized carbons (Fsp3) is 0.333. The van der Waals surface area contributed by atoms with Gasteiger partial charge in [0, 0.05) is 31.2 Å². The third kappa shape index (κ3) is 3.98. The van der Waals surface area contributed by atoms with Crippen molar-refractivity contribution in [2.24, 2.45) is 0 Å². The van der Waals surface area contributed by atoms with Gasteiger partial charge >= 0.3 is 0 Å². The van der Waals surface area contributed by atoms with Crippen LogP contribution in [0.25, 0.3) is 6.08 Å². The van der Waals surface area contributed by atoms with Gasteiger partial charge in [-0.05, 0) is 36.6 Å². The lowest BCUT2D eigenvalue weighted by Gasteiger charge is -2.15. The maximum absolute atomic E-state index is 12.0. The summed E-state index contributed by atoms with van der Waals surface area (Å²) in [5.74, 6) is -0.467. The number of rotatable bonds is 3. The lowest BCUT2D eigenvalue weighted by atomic mass is 10.2. The monoisotopic (exact) mass is 288 g/mol. The van der Waals surface area contributed by atoms with Crippen LogP contribution in [0.15, 0.2) is 30.3 Å². The van der Waals surface area contributed by atoms with Gasteiger partial charge in [-0.25, -0.2) is 0 Å². The Bertz CT molecular complexity index is 578. The predicted molar refractivity (Wildman–Crippen MR) is 77.3 cm³/mol. The number of amides is 2. The van der Waals surface area contributed by atoms with Gasteiger partial charge in [-0.1, -0.05) is 6.42 Å². The van der Waals surface area contributed by atoms with Gasteiger partial charge in [0.25, 0.3) is 11.6 Å². The first kappa shape index (κ1) is 14.9. The van der Waals surface area contributed by atoms with E-state index < -0.39 is 4.92 Å². The third-order valence-corrected chi connectivity index (χ3v) is 3.36. The van der Waals surface area contributed by atoms with Crippen LogP contribution in [0.1, 0.15) is 31.2 Å². The Hall–Kier alpha value is -2.50. The Balaban J connectivity index is 2.03. The Kier molecular flexibility index (Phi) is 4.81. The number of carbonyl (C=O) groups excluding carboxylic acids is 2. The number of hydrogen-bond acceptors (Lipinski definition) is 4. The highest BCUT2D eigenvalue weighted by atomic mass is 16.6. The second kappa shape index (κ2) is 6.78. The quantitative estimate of drug-likeness (QED) is 0.486. The van der Waals surface area contributed by atoms with Gasteiger partial charge < -0.3 is 0 Å². The molecular formula is C15H16N2O4. The number of benzene rings is 1. The summed E-state index contributed by atoms with van der Waals surface area (Å²) >= 11 is 0. The van der Waals surface area contributed by atoms with Crippen molar-refractivity contribution in [2.75, 3.05) is 6.54 Å². The van der Waals surface area contributed by atoms with Crippen molar-refractivity contribution in [3.05, 3.63) is 46.0 Å². The van der Waals surface area contributed by atoms with Crippen molar-refractivity contribution in [3.63, 3.8) is 0 Å². The van der Waals surface area contributed by atoms with Gasteiger partial charge in [-0.2, -0.15) is 0 Å². The number of nitro groups is 1. The summed E-state index contributed by atoms with van der Waals surface area (Å²) in [5.41, 5.74) is 0.678. The van der Waals surface area contributed by atoms with Crippen LogP contribution in [0, 0.1) is 10.1 Å². The number of nitro benzene ring substituents is 1. The molecule has 0 aliphatic carbocycles. The fourth-order valence-electron chi connectivity index (χ4n) is 2.18. The van der Waals surface area contributed by atoms with E-state index in [0.29, 0.717) is 18.5 Å². The second-order valence-corrected chi connectivity index (χ2v) is 4.88. The number of non-ortho nitro benzene ring substituents is 1. The summed E-state index contributed by atoms with van der Waals surface area (Å²) in [4.78, 5) is 35.1. The van der Waals surface area contributed by atoms with Crippen molar-refractivity contribution in [2.45, 2.75) is 25.7 Å². The molecule has 1 saturated heterocycles. The molecule has 0 aromatic heterocycles. The maximum Gasteiger partial charge on any atom is 0.269 e. The van der Waals surface area contributed by atoms with Crippen LogP contribution in [0.3, 0.4) is 0 Å². The topological polar surface area (TPSA) is 80.5 Å². The van der Waals surface area contributed by atoms with Gasteiger partial charge in [0.15, 0.2) is 0 Å². The SMILES string of the molecule is O=C(/C=C/c1ccc([N+](=O)[O-])cc1)N1CCCCCC1=O. The molecule has 0 N–H and O–H groups in total. The van der Waals surface area contributed by atoms with E-state index in [0.717, 1.165) is 19.3 Å². The Morgan fingerprint density at radius 1 is 1.19 bits per heavy atom. The molecule has 2 amide bonds. The van der Waals surface area contributed by atoms with Crippen LogP contribution in [0.4, 0.5) is 5.69 Å². The number of hydrogen-bond donors (Lipinski definition) is 0. The molecule has 1 heterocycles. The lowest BCUT2D eigenvalue weighted by molar-refractivity contribution is -0.384. The van der Waals surface area contributed by atoms with Gasteiger partial charge in [0.1, 0.15) is 0 Å². The molecule has 0 radical (unpaired) electrons. The molecule has 0 unspecified atom stereocenters. The Labute approximate surface area is 122 Å². The van der Waals surface area contributed by atoms with Gasteiger partial charge in [0.2, 0.25) is 5.91 Å². The van der Waals surface area contributed by atoms with Crippen LogP contribution < -0.4 is 0 Å². The first-order valence-electron chi connectivity index (χ1n) is 6.85. The molecule has 21 heavy (non-hydrogen) atoms. The zero-order chi connectivity index (χ0) is 15.2.